The first-order valence-electron chi connectivity index (χ1n) is 7.74. The van der Waals surface area contributed by atoms with Crippen LogP contribution in [0.5, 0.6) is 0 Å². The highest BCUT2D eigenvalue weighted by Crippen LogP contribution is 2.28. The number of carbonyl (C=O) groups is 1. The summed E-state index contributed by atoms with van der Waals surface area (Å²) in [6.07, 6.45) is 1.89. The smallest absolute Gasteiger partial charge is 0.269 e. The zero-order valence-electron chi connectivity index (χ0n) is 12.7. The van der Waals surface area contributed by atoms with Crippen molar-refractivity contribution >= 4 is 11.6 Å². The third-order valence-corrected chi connectivity index (χ3v) is 4.38. The molecule has 2 aromatic carbocycles. The number of non-ortho nitro benzene ring substituents is 1. The summed E-state index contributed by atoms with van der Waals surface area (Å²) in [5, 5.41) is 10.7. The van der Waals surface area contributed by atoms with Crippen LogP contribution in [-0.2, 0) is 0 Å². The first kappa shape index (κ1) is 15.2. The van der Waals surface area contributed by atoms with Crippen molar-refractivity contribution in [2.45, 2.75) is 18.8 Å². The number of nitro benzene ring substituents is 1. The maximum atomic E-state index is 12.5. The van der Waals surface area contributed by atoms with Crippen LogP contribution >= 0.6 is 0 Å². The molecule has 0 unspecified atom stereocenters. The van der Waals surface area contributed by atoms with Crippen molar-refractivity contribution in [2.24, 2.45) is 0 Å². The number of hydrogen-bond acceptors (Lipinski definition) is 3. The van der Waals surface area contributed by atoms with Gasteiger partial charge in [0.1, 0.15) is 0 Å². The van der Waals surface area contributed by atoms with Crippen molar-refractivity contribution in [3.63, 3.8) is 0 Å². The Morgan fingerprint density at radius 2 is 1.61 bits per heavy atom. The van der Waals surface area contributed by atoms with E-state index in [-0.39, 0.29) is 11.6 Å². The molecule has 0 radical (unpaired) electrons. The number of benzene rings is 2. The van der Waals surface area contributed by atoms with Gasteiger partial charge in [0.05, 0.1) is 4.92 Å². The van der Waals surface area contributed by atoms with Crippen molar-refractivity contribution in [1.29, 1.82) is 0 Å². The third-order valence-electron chi connectivity index (χ3n) is 4.38. The Hall–Kier alpha value is -2.69. The van der Waals surface area contributed by atoms with Gasteiger partial charge < -0.3 is 4.90 Å². The largest absolute Gasteiger partial charge is 0.339 e. The Morgan fingerprint density at radius 3 is 2.17 bits per heavy atom. The molecule has 0 N–H and O–H groups in total. The summed E-state index contributed by atoms with van der Waals surface area (Å²) >= 11 is 0. The van der Waals surface area contributed by atoms with Gasteiger partial charge >= 0.3 is 0 Å². The molecule has 0 atom stereocenters. The van der Waals surface area contributed by atoms with E-state index in [0.717, 1.165) is 25.9 Å². The van der Waals surface area contributed by atoms with E-state index in [1.54, 1.807) is 0 Å². The molecule has 0 aromatic heterocycles. The molecule has 1 aliphatic heterocycles. The molecule has 0 aliphatic carbocycles. The molecule has 3 rings (SSSR count). The van der Waals surface area contributed by atoms with E-state index >= 15 is 0 Å². The van der Waals surface area contributed by atoms with E-state index in [0.29, 0.717) is 11.5 Å². The van der Waals surface area contributed by atoms with Gasteiger partial charge in [-0.1, -0.05) is 30.3 Å². The van der Waals surface area contributed by atoms with Crippen molar-refractivity contribution in [1.82, 2.24) is 4.90 Å². The second kappa shape index (κ2) is 6.60. The van der Waals surface area contributed by atoms with Crippen LogP contribution in [-0.4, -0.2) is 28.8 Å². The van der Waals surface area contributed by atoms with Gasteiger partial charge in [-0.2, -0.15) is 0 Å². The Kier molecular flexibility index (Phi) is 4.37. The number of likely N-dealkylation sites (tertiary alicyclic amines) is 1. The van der Waals surface area contributed by atoms with E-state index < -0.39 is 4.92 Å². The highest BCUT2D eigenvalue weighted by atomic mass is 16.6. The van der Waals surface area contributed by atoms with Crippen LogP contribution in [0.1, 0.15) is 34.7 Å². The van der Waals surface area contributed by atoms with Crippen molar-refractivity contribution in [3.8, 4) is 0 Å². The zero-order chi connectivity index (χ0) is 16.2. The van der Waals surface area contributed by atoms with E-state index in [9.17, 15) is 14.9 Å². The van der Waals surface area contributed by atoms with Gasteiger partial charge in [0.15, 0.2) is 0 Å². The Balaban J connectivity index is 1.63. The van der Waals surface area contributed by atoms with Gasteiger partial charge in [-0.25, -0.2) is 0 Å². The summed E-state index contributed by atoms with van der Waals surface area (Å²) in [7, 11) is 0. The molecule has 5 heteroatoms. The van der Waals surface area contributed by atoms with Gasteiger partial charge in [-0.15, -0.1) is 0 Å². The lowest BCUT2D eigenvalue weighted by Gasteiger charge is -2.32. The molecular formula is C18H18N2O3. The van der Waals surface area contributed by atoms with Crippen LogP contribution in [0.4, 0.5) is 5.69 Å². The monoisotopic (exact) mass is 310 g/mol. The van der Waals surface area contributed by atoms with Crippen LogP contribution < -0.4 is 0 Å². The summed E-state index contributed by atoms with van der Waals surface area (Å²) in [5.41, 5.74) is 1.84. The molecule has 0 spiro atoms. The van der Waals surface area contributed by atoms with Gasteiger partial charge in [-0.05, 0) is 36.5 Å². The summed E-state index contributed by atoms with van der Waals surface area (Å²) in [5.74, 6) is 0.448. The normalized spacial score (nSPS) is 15.4. The molecule has 1 heterocycles. The number of hydrogen-bond donors (Lipinski definition) is 0. The standard InChI is InChI=1S/C18H18N2O3/c21-18(16-6-8-17(9-7-16)20(22)23)19-12-10-15(11-13-19)14-4-2-1-3-5-14/h1-9,15H,10-13H2. The molecule has 1 fully saturated rings. The average Bonchev–Trinajstić information content (AvgIpc) is 2.62. The summed E-state index contributed by atoms with van der Waals surface area (Å²) in [6.45, 7) is 1.44. The molecule has 23 heavy (non-hydrogen) atoms. The first-order chi connectivity index (χ1) is 11.1. The first-order valence-corrected chi connectivity index (χ1v) is 7.74. The minimum atomic E-state index is -0.459. The Labute approximate surface area is 134 Å². The van der Waals surface area contributed by atoms with Gasteiger partial charge in [0, 0.05) is 30.8 Å². The lowest BCUT2D eigenvalue weighted by Crippen LogP contribution is -2.37. The quantitative estimate of drug-likeness (QED) is 0.642. The van der Waals surface area contributed by atoms with Gasteiger partial charge in [0.2, 0.25) is 0 Å². The van der Waals surface area contributed by atoms with Crippen LogP contribution in [0.15, 0.2) is 54.6 Å². The SMILES string of the molecule is O=C(c1ccc([N+](=O)[O-])cc1)N1CCC(c2ccccc2)CC1. The van der Waals surface area contributed by atoms with E-state index in [4.69, 9.17) is 0 Å². The fraction of sp³-hybridized carbons (Fsp3) is 0.278. The fourth-order valence-electron chi connectivity index (χ4n) is 3.05. The van der Waals surface area contributed by atoms with Crippen LogP contribution in [0, 0.1) is 10.1 Å². The minimum Gasteiger partial charge on any atom is -0.339 e. The molecule has 2 aromatic rings. The molecular weight excluding hydrogens is 292 g/mol. The van der Waals surface area contributed by atoms with Crippen LogP contribution in [0.2, 0.25) is 0 Å². The Morgan fingerprint density at radius 1 is 1.00 bits per heavy atom. The van der Waals surface area contributed by atoms with E-state index in [2.05, 4.69) is 12.1 Å². The number of piperidine rings is 1. The minimum absolute atomic E-state index is 0.00401. The van der Waals surface area contributed by atoms with Crippen molar-refractivity contribution in [2.75, 3.05) is 13.1 Å². The lowest BCUT2D eigenvalue weighted by molar-refractivity contribution is -0.384. The summed E-state index contributed by atoms with van der Waals surface area (Å²) < 4.78 is 0. The number of carbonyl (C=O) groups excluding carboxylic acids is 1. The second-order valence-electron chi connectivity index (χ2n) is 5.78. The summed E-state index contributed by atoms with van der Waals surface area (Å²) in [4.78, 5) is 24.5. The van der Waals surface area contributed by atoms with Crippen molar-refractivity contribution < 1.29 is 9.72 Å². The summed E-state index contributed by atoms with van der Waals surface area (Å²) in [6, 6.07) is 16.2. The van der Waals surface area contributed by atoms with Gasteiger partial charge in [0.25, 0.3) is 11.6 Å². The van der Waals surface area contributed by atoms with Crippen molar-refractivity contribution in [3.05, 3.63) is 75.8 Å². The molecule has 5 nitrogen and oxygen atoms in total. The zero-order valence-corrected chi connectivity index (χ0v) is 12.7. The molecule has 1 amide bonds. The molecule has 1 aliphatic rings. The predicted molar refractivity (Wildman–Crippen MR) is 87.4 cm³/mol. The maximum absolute atomic E-state index is 12.5. The predicted octanol–water partition coefficient (Wildman–Crippen LogP) is 3.61. The molecule has 0 saturated carbocycles. The highest BCUT2D eigenvalue weighted by molar-refractivity contribution is 5.94. The van der Waals surface area contributed by atoms with E-state index in [1.165, 1.54) is 29.8 Å². The van der Waals surface area contributed by atoms with Gasteiger partial charge in [-0.3, -0.25) is 14.9 Å². The molecule has 1 saturated heterocycles. The molecule has 0 bridgehead atoms. The Bertz CT molecular complexity index is 690. The average molecular weight is 310 g/mol. The highest BCUT2D eigenvalue weighted by Gasteiger charge is 2.24. The topological polar surface area (TPSA) is 63.4 Å². The fourth-order valence-corrected chi connectivity index (χ4v) is 3.05. The lowest BCUT2D eigenvalue weighted by atomic mass is 9.89. The second-order valence-corrected chi connectivity index (χ2v) is 5.78. The molecule has 118 valence electrons. The third kappa shape index (κ3) is 3.39. The number of nitro groups is 1. The van der Waals surface area contributed by atoms with E-state index in [1.807, 2.05) is 23.1 Å². The number of rotatable bonds is 3. The maximum Gasteiger partial charge on any atom is 0.269 e. The number of amides is 1. The number of nitrogens with zero attached hydrogens (tertiary/aromatic N) is 2. The van der Waals surface area contributed by atoms with Crippen LogP contribution in [0.3, 0.4) is 0 Å². The van der Waals surface area contributed by atoms with Crippen LogP contribution in [0.25, 0.3) is 0 Å².